The van der Waals surface area contributed by atoms with Gasteiger partial charge in [0.15, 0.2) is 0 Å². The Morgan fingerprint density at radius 2 is 2.28 bits per heavy atom. The van der Waals surface area contributed by atoms with Gasteiger partial charge in [0.2, 0.25) is 0 Å². The zero-order valence-electron chi connectivity index (χ0n) is 10.4. The fourth-order valence-electron chi connectivity index (χ4n) is 2.51. The second-order valence-electron chi connectivity index (χ2n) is 5.09. The van der Waals surface area contributed by atoms with E-state index in [1.54, 1.807) is 0 Å². The molecule has 0 saturated carbocycles. The van der Waals surface area contributed by atoms with Gasteiger partial charge >= 0.3 is 0 Å². The largest absolute Gasteiger partial charge is 0.315 e. The molecule has 1 aromatic carbocycles. The highest BCUT2D eigenvalue weighted by atomic mass is 79.9. The first-order valence-electron chi connectivity index (χ1n) is 6.38. The van der Waals surface area contributed by atoms with Crippen molar-refractivity contribution >= 4 is 15.9 Å². The second-order valence-corrected chi connectivity index (χ2v) is 6.00. The Morgan fingerprint density at radius 3 is 3.11 bits per heavy atom. The van der Waals surface area contributed by atoms with Gasteiger partial charge in [0.25, 0.3) is 0 Å². The van der Waals surface area contributed by atoms with Gasteiger partial charge in [-0.05, 0) is 30.0 Å². The maximum atomic E-state index is 4.35. The third kappa shape index (κ3) is 2.34. The summed E-state index contributed by atoms with van der Waals surface area (Å²) in [4.78, 5) is 0. The lowest BCUT2D eigenvalue weighted by Crippen LogP contribution is -2.19. The Bertz CT molecular complexity index is 562. The van der Waals surface area contributed by atoms with Gasteiger partial charge in [0, 0.05) is 23.9 Å². The molecule has 1 aliphatic heterocycles. The molecule has 1 atom stereocenters. The fraction of sp³-hybridized carbons (Fsp3) is 0.429. The van der Waals surface area contributed by atoms with Crippen molar-refractivity contribution in [1.82, 2.24) is 14.8 Å². The molecule has 2 aromatic rings. The minimum atomic E-state index is 0.736. The molecular weight excluding hydrogens is 290 g/mol. The second kappa shape index (κ2) is 4.84. The van der Waals surface area contributed by atoms with E-state index in [-0.39, 0.29) is 0 Å². The average Bonchev–Trinajstić information content (AvgIpc) is 2.72. The van der Waals surface area contributed by atoms with E-state index in [0.717, 1.165) is 41.4 Å². The highest BCUT2D eigenvalue weighted by Crippen LogP contribution is 2.21. The van der Waals surface area contributed by atoms with Crippen LogP contribution >= 0.6 is 15.9 Å². The van der Waals surface area contributed by atoms with Crippen LogP contribution in [0.15, 0.2) is 28.7 Å². The van der Waals surface area contributed by atoms with Crippen LogP contribution in [0.1, 0.15) is 30.6 Å². The monoisotopic (exact) mass is 305 g/mol. The molecule has 0 aliphatic carbocycles. The lowest BCUT2D eigenvalue weighted by Gasteiger charge is -2.20. The molecule has 0 spiro atoms. The molecule has 0 saturated heterocycles. The van der Waals surface area contributed by atoms with E-state index >= 15 is 0 Å². The van der Waals surface area contributed by atoms with Crippen molar-refractivity contribution in [3.8, 4) is 0 Å². The third-order valence-corrected chi connectivity index (χ3v) is 4.03. The van der Waals surface area contributed by atoms with E-state index < -0.39 is 0 Å². The highest BCUT2D eigenvalue weighted by Gasteiger charge is 2.20. The van der Waals surface area contributed by atoms with Crippen LogP contribution in [0, 0.1) is 5.92 Å². The molecule has 18 heavy (non-hydrogen) atoms. The van der Waals surface area contributed by atoms with Gasteiger partial charge in [0.1, 0.15) is 11.6 Å². The number of hydrogen-bond acceptors (Lipinski definition) is 2. The minimum Gasteiger partial charge on any atom is -0.315 e. The summed E-state index contributed by atoms with van der Waals surface area (Å²) >= 11 is 3.51. The SMILES string of the molecule is CC1CCn2c(Cc3cccc(Br)c3)nnc2C1. The summed E-state index contributed by atoms with van der Waals surface area (Å²) < 4.78 is 3.41. The Kier molecular flexibility index (Phi) is 3.20. The summed E-state index contributed by atoms with van der Waals surface area (Å²) in [6.07, 6.45) is 3.16. The number of rotatable bonds is 2. The van der Waals surface area contributed by atoms with Crippen LogP contribution < -0.4 is 0 Å². The summed E-state index contributed by atoms with van der Waals surface area (Å²) in [5, 5.41) is 8.68. The highest BCUT2D eigenvalue weighted by molar-refractivity contribution is 9.10. The summed E-state index contributed by atoms with van der Waals surface area (Å²) in [7, 11) is 0. The molecule has 0 amide bonds. The zero-order valence-corrected chi connectivity index (χ0v) is 12.0. The van der Waals surface area contributed by atoms with Gasteiger partial charge in [-0.25, -0.2) is 0 Å². The molecule has 3 rings (SSSR count). The topological polar surface area (TPSA) is 30.7 Å². The predicted molar refractivity (Wildman–Crippen MR) is 74.5 cm³/mol. The maximum absolute atomic E-state index is 4.35. The van der Waals surface area contributed by atoms with E-state index in [2.05, 4.69) is 55.8 Å². The Hall–Kier alpha value is -1.16. The lowest BCUT2D eigenvalue weighted by molar-refractivity contribution is 0.404. The van der Waals surface area contributed by atoms with Gasteiger partial charge in [0.05, 0.1) is 0 Å². The smallest absolute Gasteiger partial charge is 0.137 e. The Labute approximate surface area is 115 Å². The molecule has 2 heterocycles. The van der Waals surface area contributed by atoms with Crippen molar-refractivity contribution in [1.29, 1.82) is 0 Å². The molecule has 3 nitrogen and oxygen atoms in total. The molecular formula is C14H16BrN3. The quantitative estimate of drug-likeness (QED) is 0.853. The number of aromatic nitrogens is 3. The summed E-state index contributed by atoms with van der Waals surface area (Å²) in [6.45, 7) is 3.35. The van der Waals surface area contributed by atoms with Gasteiger partial charge in [-0.3, -0.25) is 0 Å². The number of halogens is 1. The molecule has 0 radical (unpaired) electrons. The third-order valence-electron chi connectivity index (χ3n) is 3.53. The van der Waals surface area contributed by atoms with Crippen LogP contribution in [-0.4, -0.2) is 14.8 Å². The van der Waals surface area contributed by atoms with E-state index in [1.807, 2.05) is 6.07 Å². The molecule has 94 valence electrons. The zero-order chi connectivity index (χ0) is 12.5. The van der Waals surface area contributed by atoms with E-state index in [0.29, 0.717) is 0 Å². The first-order chi connectivity index (χ1) is 8.72. The normalized spacial score (nSPS) is 18.7. The van der Waals surface area contributed by atoms with Crippen LogP contribution in [-0.2, 0) is 19.4 Å². The first kappa shape index (κ1) is 11.9. The molecule has 1 aromatic heterocycles. The van der Waals surface area contributed by atoms with E-state index in [9.17, 15) is 0 Å². The number of hydrogen-bond donors (Lipinski definition) is 0. The van der Waals surface area contributed by atoms with Crippen LogP contribution in [0.4, 0.5) is 0 Å². The van der Waals surface area contributed by atoms with Gasteiger partial charge in [-0.1, -0.05) is 35.0 Å². The van der Waals surface area contributed by atoms with Gasteiger partial charge in [-0.2, -0.15) is 0 Å². The molecule has 0 fully saturated rings. The van der Waals surface area contributed by atoms with Crippen molar-refractivity contribution < 1.29 is 0 Å². The van der Waals surface area contributed by atoms with Crippen molar-refractivity contribution in [3.05, 3.63) is 46.0 Å². The van der Waals surface area contributed by atoms with Gasteiger partial charge < -0.3 is 4.57 Å². The van der Waals surface area contributed by atoms with Crippen LogP contribution in [0.2, 0.25) is 0 Å². The molecule has 1 aliphatic rings. The van der Waals surface area contributed by atoms with Crippen LogP contribution in [0.3, 0.4) is 0 Å². The van der Waals surface area contributed by atoms with Crippen LogP contribution in [0.25, 0.3) is 0 Å². The molecule has 1 unspecified atom stereocenters. The van der Waals surface area contributed by atoms with Crippen molar-refractivity contribution in [2.75, 3.05) is 0 Å². The van der Waals surface area contributed by atoms with E-state index in [4.69, 9.17) is 0 Å². The summed E-state index contributed by atoms with van der Waals surface area (Å²) in [6, 6.07) is 8.39. The summed E-state index contributed by atoms with van der Waals surface area (Å²) in [5.41, 5.74) is 1.28. The van der Waals surface area contributed by atoms with Crippen molar-refractivity contribution in [2.45, 2.75) is 32.7 Å². The maximum Gasteiger partial charge on any atom is 0.137 e. The van der Waals surface area contributed by atoms with E-state index in [1.165, 1.54) is 12.0 Å². The summed E-state index contributed by atoms with van der Waals surface area (Å²) in [5.74, 6) is 2.98. The first-order valence-corrected chi connectivity index (χ1v) is 7.17. The Balaban J connectivity index is 1.86. The molecule has 0 N–H and O–H groups in total. The molecule has 4 heteroatoms. The standard InChI is InChI=1S/C14H16BrN3/c1-10-5-6-18-13(7-10)16-17-14(18)9-11-3-2-4-12(15)8-11/h2-4,8,10H,5-7,9H2,1H3. The Morgan fingerprint density at radius 1 is 1.39 bits per heavy atom. The lowest BCUT2D eigenvalue weighted by atomic mass is 10.00. The number of fused-ring (bicyclic) bond motifs is 1. The fourth-order valence-corrected chi connectivity index (χ4v) is 2.95. The van der Waals surface area contributed by atoms with Crippen LogP contribution in [0.5, 0.6) is 0 Å². The van der Waals surface area contributed by atoms with Gasteiger partial charge in [-0.15, -0.1) is 10.2 Å². The molecule has 0 bridgehead atoms. The number of nitrogens with zero attached hydrogens (tertiary/aromatic N) is 3. The predicted octanol–water partition coefficient (Wildman–Crippen LogP) is 3.21. The van der Waals surface area contributed by atoms with Crippen molar-refractivity contribution in [3.63, 3.8) is 0 Å². The number of benzene rings is 1. The van der Waals surface area contributed by atoms with Crippen molar-refractivity contribution in [2.24, 2.45) is 5.92 Å². The average molecular weight is 306 g/mol. The minimum absolute atomic E-state index is 0.736.